The van der Waals surface area contributed by atoms with E-state index in [2.05, 4.69) is 59.5 Å². The predicted molar refractivity (Wildman–Crippen MR) is 101 cm³/mol. The van der Waals surface area contributed by atoms with Crippen LogP contribution < -0.4 is 0 Å². The van der Waals surface area contributed by atoms with Crippen LogP contribution in [0.4, 0.5) is 0 Å². The molecular weight excluding hydrogens is 316 g/mol. The van der Waals surface area contributed by atoms with Crippen molar-refractivity contribution in [1.82, 2.24) is 14.6 Å². The predicted octanol–water partition coefficient (Wildman–Crippen LogP) is 4.33. The molecule has 0 amide bonds. The molecule has 1 aromatic carbocycles. The standard InChI is InChI=1S/C19H20N4S/c1-5-14-7-6-8-15(9-14)11-23-12(2)17-16(10-20-23)18-19(22(17)4)21-13(3)24-18/h6-10H,2,5,11H2,1,3-4H3. The molecule has 0 spiro atoms. The zero-order chi connectivity index (χ0) is 16.8. The van der Waals surface area contributed by atoms with Crippen molar-refractivity contribution >= 4 is 33.6 Å². The van der Waals surface area contributed by atoms with Crippen LogP contribution in [-0.4, -0.2) is 20.8 Å². The van der Waals surface area contributed by atoms with E-state index < -0.39 is 0 Å². The van der Waals surface area contributed by atoms with Gasteiger partial charge in [-0.15, -0.1) is 11.3 Å². The second kappa shape index (κ2) is 5.60. The van der Waals surface area contributed by atoms with Crippen LogP contribution in [0.2, 0.25) is 0 Å². The van der Waals surface area contributed by atoms with Gasteiger partial charge in [-0.3, -0.25) is 5.01 Å². The molecule has 122 valence electrons. The molecule has 0 atom stereocenters. The number of hydrogen-bond donors (Lipinski definition) is 0. The molecular formula is C19H20N4S. The SMILES string of the molecule is C=C1c2c(c3sc(C)nc3n2C)C=NN1Cc1cccc(CC)c1. The molecule has 4 rings (SSSR count). The highest BCUT2D eigenvalue weighted by atomic mass is 32.1. The first kappa shape index (κ1) is 15.1. The summed E-state index contributed by atoms with van der Waals surface area (Å²) < 4.78 is 3.33. The Hall–Kier alpha value is -2.40. The zero-order valence-electron chi connectivity index (χ0n) is 14.2. The Morgan fingerprint density at radius 2 is 2.04 bits per heavy atom. The quantitative estimate of drug-likeness (QED) is 0.713. The Morgan fingerprint density at radius 3 is 2.83 bits per heavy atom. The largest absolute Gasteiger partial charge is 0.326 e. The molecule has 1 aliphatic rings. The molecule has 0 saturated heterocycles. The molecule has 2 aromatic heterocycles. The summed E-state index contributed by atoms with van der Waals surface area (Å²) in [4.78, 5) is 4.64. The summed E-state index contributed by atoms with van der Waals surface area (Å²) in [5, 5.41) is 7.71. The summed E-state index contributed by atoms with van der Waals surface area (Å²) in [7, 11) is 2.06. The average Bonchev–Trinajstić information content (AvgIpc) is 3.08. The summed E-state index contributed by atoms with van der Waals surface area (Å²) in [5.74, 6) is 0. The normalized spacial score (nSPS) is 13.8. The maximum atomic E-state index is 4.65. The van der Waals surface area contributed by atoms with Crippen molar-refractivity contribution in [2.45, 2.75) is 26.8 Å². The van der Waals surface area contributed by atoms with Gasteiger partial charge >= 0.3 is 0 Å². The van der Waals surface area contributed by atoms with E-state index in [0.717, 1.165) is 40.6 Å². The Balaban J connectivity index is 1.71. The van der Waals surface area contributed by atoms with Crippen molar-refractivity contribution in [3.05, 3.63) is 58.2 Å². The maximum absolute atomic E-state index is 4.65. The summed E-state index contributed by atoms with van der Waals surface area (Å²) in [6, 6.07) is 8.66. The second-order valence-electron chi connectivity index (χ2n) is 6.13. The average molecular weight is 336 g/mol. The Labute approximate surface area is 145 Å². The topological polar surface area (TPSA) is 33.4 Å². The van der Waals surface area contributed by atoms with Gasteiger partial charge in [-0.05, 0) is 24.5 Å². The lowest BCUT2D eigenvalue weighted by Gasteiger charge is -2.25. The van der Waals surface area contributed by atoms with Crippen molar-refractivity contribution < 1.29 is 0 Å². The van der Waals surface area contributed by atoms with Gasteiger partial charge < -0.3 is 4.57 Å². The third-order valence-corrected chi connectivity index (χ3v) is 5.51. The van der Waals surface area contributed by atoms with Crippen LogP contribution in [0.3, 0.4) is 0 Å². The monoisotopic (exact) mass is 336 g/mol. The highest BCUT2D eigenvalue weighted by Gasteiger charge is 2.25. The number of fused-ring (bicyclic) bond motifs is 3. The number of hydrazone groups is 1. The van der Waals surface area contributed by atoms with Crippen molar-refractivity contribution in [2.24, 2.45) is 12.1 Å². The number of benzene rings is 1. The minimum atomic E-state index is 0.730. The van der Waals surface area contributed by atoms with Gasteiger partial charge in [0.25, 0.3) is 0 Å². The first-order valence-electron chi connectivity index (χ1n) is 8.13. The molecule has 0 saturated carbocycles. The summed E-state index contributed by atoms with van der Waals surface area (Å²) in [5.41, 5.74) is 6.80. The Morgan fingerprint density at radius 1 is 1.25 bits per heavy atom. The molecule has 3 heterocycles. The molecule has 0 aliphatic carbocycles. The lowest BCUT2D eigenvalue weighted by molar-refractivity contribution is 0.412. The van der Waals surface area contributed by atoms with Crippen molar-refractivity contribution in [2.75, 3.05) is 0 Å². The minimum absolute atomic E-state index is 0.730. The maximum Gasteiger partial charge on any atom is 0.152 e. The second-order valence-corrected chi connectivity index (χ2v) is 7.33. The van der Waals surface area contributed by atoms with E-state index in [1.165, 1.54) is 15.8 Å². The Kier molecular flexibility index (Phi) is 3.53. The van der Waals surface area contributed by atoms with Gasteiger partial charge in [0, 0.05) is 12.6 Å². The van der Waals surface area contributed by atoms with Gasteiger partial charge in [0.2, 0.25) is 0 Å². The fourth-order valence-corrected chi connectivity index (χ4v) is 4.22. The van der Waals surface area contributed by atoms with Crippen molar-refractivity contribution in [1.29, 1.82) is 0 Å². The molecule has 0 fully saturated rings. The van der Waals surface area contributed by atoms with E-state index in [4.69, 9.17) is 0 Å². The van der Waals surface area contributed by atoms with Crippen LogP contribution in [-0.2, 0) is 20.0 Å². The van der Waals surface area contributed by atoms with Crippen LogP contribution in [0.5, 0.6) is 0 Å². The molecule has 0 radical (unpaired) electrons. The van der Waals surface area contributed by atoms with Crippen LogP contribution in [0.15, 0.2) is 35.9 Å². The minimum Gasteiger partial charge on any atom is -0.326 e. The fraction of sp³-hybridized carbons (Fsp3) is 0.263. The van der Waals surface area contributed by atoms with Crippen molar-refractivity contribution in [3.8, 4) is 0 Å². The molecule has 1 aliphatic heterocycles. The lowest BCUT2D eigenvalue weighted by atomic mass is 10.1. The molecule has 4 nitrogen and oxygen atoms in total. The smallest absolute Gasteiger partial charge is 0.152 e. The molecule has 24 heavy (non-hydrogen) atoms. The van der Waals surface area contributed by atoms with E-state index in [0.29, 0.717) is 0 Å². The number of rotatable bonds is 3. The van der Waals surface area contributed by atoms with Gasteiger partial charge in [-0.25, -0.2) is 4.98 Å². The van der Waals surface area contributed by atoms with E-state index in [1.54, 1.807) is 11.3 Å². The third kappa shape index (κ3) is 2.27. The van der Waals surface area contributed by atoms with E-state index in [9.17, 15) is 0 Å². The number of nitrogens with zero attached hydrogens (tertiary/aromatic N) is 4. The number of hydrogen-bond acceptors (Lipinski definition) is 4. The van der Waals surface area contributed by atoms with Crippen LogP contribution in [0.25, 0.3) is 16.0 Å². The van der Waals surface area contributed by atoms with Gasteiger partial charge in [-0.2, -0.15) is 5.10 Å². The van der Waals surface area contributed by atoms with Crippen LogP contribution >= 0.6 is 11.3 Å². The summed E-state index contributed by atoms with van der Waals surface area (Å²) >= 11 is 1.72. The molecule has 0 N–H and O–H groups in total. The van der Waals surface area contributed by atoms with Gasteiger partial charge in [-0.1, -0.05) is 37.8 Å². The number of aromatic nitrogens is 2. The molecule has 3 aromatic rings. The van der Waals surface area contributed by atoms with Crippen LogP contribution in [0, 0.1) is 6.92 Å². The third-order valence-electron chi connectivity index (χ3n) is 4.51. The van der Waals surface area contributed by atoms with Gasteiger partial charge in [0.1, 0.15) is 0 Å². The summed E-state index contributed by atoms with van der Waals surface area (Å²) in [6.45, 7) is 9.25. The highest BCUT2D eigenvalue weighted by Crippen LogP contribution is 2.36. The van der Waals surface area contributed by atoms with Gasteiger partial charge in [0.15, 0.2) is 5.65 Å². The number of aryl methyl sites for hydroxylation is 3. The van der Waals surface area contributed by atoms with Crippen molar-refractivity contribution in [3.63, 3.8) is 0 Å². The zero-order valence-corrected chi connectivity index (χ0v) is 15.0. The van der Waals surface area contributed by atoms with E-state index >= 15 is 0 Å². The first-order chi connectivity index (χ1) is 11.6. The number of thiazole rings is 1. The van der Waals surface area contributed by atoms with Crippen LogP contribution in [0.1, 0.15) is 34.3 Å². The van der Waals surface area contributed by atoms with Gasteiger partial charge in [0.05, 0.1) is 33.9 Å². The molecule has 0 unspecified atom stereocenters. The lowest BCUT2D eigenvalue weighted by Crippen LogP contribution is -2.21. The Bertz CT molecular complexity index is 977. The van der Waals surface area contributed by atoms with E-state index in [1.807, 2.05) is 18.1 Å². The van der Waals surface area contributed by atoms with E-state index in [-0.39, 0.29) is 0 Å². The highest BCUT2D eigenvalue weighted by molar-refractivity contribution is 7.18. The fourth-order valence-electron chi connectivity index (χ4n) is 3.26. The summed E-state index contributed by atoms with van der Waals surface area (Å²) in [6.07, 6.45) is 2.99. The first-order valence-corrected chi connectivity index (χ1v) is 8.94. The molecule has 0 bridgehead atoms. The molecule has 5 heteroatoms.